The van der Waals surface area contributed by atoms with Crippen molar-refractivity contribution in [2.24, 2.45) is 5.92 Å². The molecule has 18 heavy (non-hydrogen) atoms. The number of rotatable bonds is 6. The summed E-state index contributed by atoms with van der Waals surface area (Å²) >= 11 is 0. The lowest BCUT2D eigenvalue weighted by Gasteiger charge is -2.33. The maximum Gasteiger partial charge on any atom is 0.305 e. The van der Waals surface area contributed by atoms with Crippen LogP contribution in [0.4, 0.5) is 0 Å². The molecule has 0 saturated carbocycles. The third kappa shape index (κ3) is 3.86. The fourth-order valence-corrected chi connectivity index (χ4v) is 2.41. The summed E-state index contributed by atoms with van der Waals surface area (Å²) in [5, 5.41) is 11.9. The van der Waals surface area contributed by atoms with Gasteiger partial charge in [-0.15, -0.1) is 0 Å². The Morgan fingerprint density at radius 3 is 2.44 bits per heavy atom. The van der Waals surface area contributed by atoms with Gasteiger partial charge in [-0.1, -0.05) is 26.0 Å². The van der Waals surface area contributed by atoms with Crippen LogP contribution in [0.2, 0.25) is 0 Å². The summed E-state index contributed by atoms with van der Waals surface area (Å²) in [6.07, 6.45) is 7.96. The minimum atomic E-state index is -0.859. The second kappa shape index (κ2) is 6.57. The molecule has 0 heterocycles. The summed E-state index contributed by atoms with van der Waals surface area (Å²) in [5.41, 5.74) is -0.593. The molecule has 1 aliphatic rings. The molecule has 0 aromatic heterocycles. The molecular formula is C14H23NO3. The van der Waals surface area contributed by atoms with Crippen molar-refractivity contribution in [1.82, 2.24) is 5.32 Å². The van der Waals surface area contributed by atoms with Crippen molar-refractivity contribution in [3.63, 3.8) is 0 Å². The molecule has 1 atom stereocenters. The molecule has 1 aliphatic carbocycles. The molecular weight excluding hydrogens is 230 g/mol. The van der Waals surface area contributed by atoms with Gasteiger partial charge in [0, 0.05) is 11.5 Å². The molecule has 0 radical (unpaired) electrons. The van der Waals surface area contributed by atoms with Crippen molar-refractivity contribution < 1.29 is 14.7 Å². The van der Waals surface area contributed by atoms with E-state index in [-0.39, 0.29) is 18.2 Å². The minimum absolute atomic E-state index is 0.00118. The molecule has 0 fully saturated rings. The Morgan fingerprint density at radius 2 is 2.00 bits per heavy atom. The van der Waals surface area contributed by atoms with Crippen LogP contribution in [0, 0.1) is 5.92 Å². The first-order valence-corrected chi connectivity index (χ1v) is 6.72. The smallest absolute Gasteiger partial charge is 0.305 e. The molecule has 0 aromatic rings. The van der Waals surface area contributed by atoms with E-state index in [1.54, 1.807) is 0 Å². The predicted molar refractivity (Wildman–Crippen MR) is 70.2 cm³/mol. The predicted octanol–water partition coefficient (Wildman–Crippen LogP) is 2.49. The van der Waals surface area contributed by atoms with Gasteiger partial charge < -0.3 is 10.4 Å². The van der Waals surface area contributed by atoms with Gasteiger partial charge in [0.15, 0.2) is 0 Å². The lowest BCUT2D eigenvalue weighted by Crippen LogP contribution is -2.51. The monoisotopic (exact) mass is 253 g/mol. The van der Waals surface area contributed by atoms with Crippen molar-refractivity contribution in [2.45, 2.75) is 57.9 Å². The average molecular weight is 253 g/mol. The number of hydrogen-bond donors (Lipinski definition) is 2. The van der Waals surface area contributed by atoms with Crippen LogP contribution in [-0.2, 0) is 9.59 Å². The van der Waals surface area contributed by atoms with E-state index in [9.17, 15) is 9.59 Å². The summed E-state index contributed by atoms with van der Waals surface area (Å²) in [6.45, 7) is 3.85. The van der Waals surface area contributed by atoms with E-state index in [4.69, 9.17) is 5.11 Å². The highest BCUT2D eigenvalue weighted by Crippen LogP contribution is 2.24. The summed E-state index contributed by atoms with van der Waals surface area (Å²) in [6, 6.07) is 0. The molecule has 1 rings (SSSR count). The molecule has 0 spiro atoms. The Hall–Kier alpha value is -1.32. The molecule has 0 saturated heterocycles. The van der Waals surface area contributed by atoms with Crippen LogP contribution >= 0.6 is 0 Å². The van der Waals surface area contributed by atoms with Crippen molar-refractivity contribution in [2.75, 3.05) is 0 Å². The van der Waals surface area contributed by atoms with Gasteiger partial charge in [0.05, 0.1) is 6.42 Å². The van der Waals surface area contributed by atoms with E-state index in [0.29, 0.717) is 12.8 Å². The highest BCUT2D eigenvalue weighted by Gasteiger charge is 2.33. The van der Waals surface area contributed by atoms with Gasteiger partial charge in [0.25, 0.3) is 0 Å². The number of carbonyl (C=O) groups is 2. The molecule has 4 nitrogen and oxygen atoms in total. The van der Waals surface area contributed by atoms with E-state index < -0.39 is 11.5 Å². The van der Waals surface area contributed by atoms with E-state index in [2.05, 4.69) is 11.4 Å². The number of amides is 1. The fourth-order valence-electron chi connectivity index (χ4n) is 2.41. The molecule has 2 N–H and O–H groups in total. The van der Waals surface area contributed by atoms with Gasteiger partial charge in [-0.25, -0.2) is 0 Å². The Balaban J connectivity index is 2.67. The van der Waals surface area contributed by atoms with Crippen molar-refractivity contribution in [1.29, 1.82) is 0 Å². The molecule has 1 amide bonds. The quantitative estimate of drug-likeness (QED) is 0.715. The summed E-state index contributed by atoms with van der Waals surface area (Å²) in [4.78, 5) is 23.1. The second-order valence-corrected chi connectivity index (χ2v) is 5.03. The topological polar surface area (TPSA) is 66.4 Å². The van der Waals surface area contributed by atoms with Crippen LogP contribution in [0.3, 0.4) is 0 Å². The second-order valence-electron chi connectivity index (χ2n) is 5.03. The number of aliphatic carboxylic acids is 1. The molecule has 0 bridgehead atoms. The van der Waals surface area contributed by atoms with Crippen LogP contribution in [0.15, 0.2) is 12.2 Å². The molecule has 4 heteroatoms. The van der Waals surface area contributed by atoms with Crippen LogP contribution in [-0.4, -0.2) is 22.5 Å². The maximum atomic E-state index is 12.2. The van der Waals surface area contributed by atoms with Gasteiger partial charge in [0.2, 0.25) is 5.91 Å². The number of carbonyl (C=O) groups excluding carboxylic acids is 1. The zero-order valence-electron chi connectivity index (χ0n) is 11.2. The summed E-state index contributed by atoms with van der Waals surface area (Å²) in [5.74, 6) is -0.854. The normalized spacial score (nSPS) is 19.6. The van der Waals surface area contributed by atoms with Crippen molar-refractivity contribution in [3.05, 3.63) is 12.2 Å². The molecule has 102 valence electrons. The van der Waals surface area contributed by atoms with Crippen LogP contribution in [0.25, 0.3) is 0 Å². The summed E-state index contributed by atoms with van der Waals surface area (Å²) in [7, 11) is 0. The van der Waals surface area contributed by atoms with Crippen LogP contribution in [0.5, 0.6) is 0 Å². The van der Waals surface area contributed by atoms with Gasteiger partial charge >= 0.3 is 5.97 Å². The number of hydrogen-bond acceptors (Lipinski definition) is 2. The molecule has 0 aromatic carbocycles. The van der Waals surface area contributed by atoms with E-state index >= 15 is 0 Å². The minimum Gasteiger partial charge on any atom is -0.481 e. The highest BCUT2D eigenvalue weighted by atomic mass is 16.4. The third-order valence-corrected chi connectivity index (χ3v) is 3.87. The first-order chi connectivity index (χ1) is 8.53. The number of allylic oxidation sites excluding steroid dienone is 2. The number of carboxylic acid groups (broad SMARTS) is 1. The molecule has 0 aliphatic heterocycles. The highest BCUT2D eigenvalue weighted by molar-refractivity contribution is 5.80. The van der Waals surface area contributed by atoms with Gasteiger partial charge in [-0.3, -0.25) is 9.59 Å². The standard InChI is InChI=1S/C14H23NO3/c1-3-14(4-2,10-12(16)17)15-13(18)11-8-6-5-7-9-11/h5-6,11H,3-4,7-10H2,1-2H3,(H,15,18)(H,16,17). The first kappa shape index (κ1) is 14.7. The fraction of sp³-hybridized carbons (Fsp3) is 0.714. The Morgan fingerprint density at radius 1 is 1.33 bits per heavy atom. The third-order valence-electron chi connectivity index (χ3n) is 3.87. The number of nitrogens with one attached hydrogen (secondary N) is 1. The Labute approximate surface area is 108 Å². The lowest BCUT2D eigenvalue weighted by atomic mass is 9.86. The zero-order valence-corrected chi connectivity index (χ0v) is 11.2. The van der Waals surface area contributed by atoms with Crippen molar-refractivity contribution in [3.8, 4) is 0 Å². The Bertz CT molecular complexity index is 332. The maximum absolute atomic E-state index is 12.2. The van der Waals surface area contributed by atoms with E-state index in [0.717, 1.165) is 19.3 Å². The van der Waals surface area contributed by atoms with Gasteiger partial charge in [-0.2, -0.15) is 0 Å². The Kier molecular flexibility index (Phi) is 5.38. The summed E-state index contributed by atoms with van der Waals surface area (Å²) < 4.78 is 0. The number of carboxylic acids is 1. The largest absolute Gasteiger partial charge is 0.481 e. The lowest BCUT2D eigenvalue weighted by molar-refractivity contribution is -0.139. The van der Waals surface area contributed by atoms with Gasteiger partial charge in [0.1, 0.15) is 0 Å². The SMILES string of the molecule is CCC(CC)(CC(=O)O)NC(=O)C1CC=CCC1. The van der Waals surface area contributed by atoms with Crippen molar-refractivity contribution >= 4 is 11.9 Å². The van der Waals surface area contributed by atoms with E-state index in [1.165, 1.54) is 0 Å². The van der Waals surface area contributed by atoms with Crippen LogP contribution in [0.1, 0.15) is 52.4 Å². The van der Waals surface area contributed by atoms with E-state index in [1.807, 2.05) is 19.9 Å². The molecule has 1 unspecified atom stereocenters. The first-order valence-electron chi connectivity index (χ1n) is 6.72. The van der Waals surface area contributed by atoms with Gasteiger partial charge in [-0.05, 0) is 32.1 Å². The average Bonchev–Trinajstić information content (AvgIpc) is 2.38. The zero-order chi connectivity index (χ0) is 13.6. The van der Waals surface area contributed by atoms with Crippen LogP contribution < -0.4 is 5.32 Å².